The van der Waals surface area contributed by atoms with Crippen LogP contribution in [0.2, 0.25) is 0 Å². The highest BCUT2D eigenvalue weighted by Crippen LogP contribution is 2.68. The van der Waals surface area contributed by atoms with Crippen LogP contribution in [0.15, 0.2) is 11.6 Å². The molecule has 3 saturated carbocycles. The van der Waals surface area contributed by atoms with Gasteiger partial charge in [0.2, 0.25) is 0 Å². The van der Waals surface area contributed by atoms with Crippen LogP contribution in [0.1, 0.15) is 92.4 Å². The van der Waals surface area contributed by atoms with Gasteiger partial charge in [-0.25, -0.2) is 0 Å². The molecule has 0 aromatic carbocycles. The topological polar surface area (TPSA) is 40.5 Å². The predicted molar refractivity (Wildman–Crippen MR) is 126 cm³/mol. The summed E-state index contributed by atoms with van der Waals surface area (Å²) in [7, 11) is 6.25. The molecule has 4 aliphatic carbocycles. The van der Waals surface area contributed by atoms with E-state index in [0.717, 1.165) is 32.1 Å². The Labute approximate surface area is 199 Å². The zero-order valence-corrected chi connectivity index (χ0v) is 21.0. The van der Waals surface area contributed by atoms with E-state index in [-0.39, 0.29) is 17.3 Å². The molecule has 10 atom stereocenters. The molecular weight excluding hydrogens is 424 g/mol. The van der Waals surface area contributed by atoms with Crippen LogP contribution in [0.5, 0.6) is 0 Å². The third kappa shape index (κ3) is 4.03. The first-order chi connectivity index (χ1) is 15.0. The average Bonchev–Trinajstić information content (AvgIpc) is 3.03. The Balaban J connectivity index is 1.52. The summed E-state index contributed by atoms with van der Waals surface area (Å²) >= 11 is 0. The summed E-state index contributed by atoms with van der Waals surface area (Å²) in [4.78, 5) is 0. The van der Waals surface area contributed by atoms with Gasteiger partial charge in [0, 0.05) is 0 Å². The molecule has 8 unspecified atom stereocenters. The van der Waals surface area contributed by atoms with E-state index in [1.807, 2.05) is 0 Å². The first kappa shape index (κ1) is 25.6. The number of hydrogen-bond acceptors (Lipinski definition) is 2. The van der Waals surface area contributed by atoms with Gasteiger partial charge in [0.05, 0.1) is 17.0 Å². The van der Waals surface area contributed by atoms with E-state index in [0.29, 0.717) is 48.9 Å². The van der Waals surface area contributed by atoms with Gasteiger partial charge in [-0.05, 0) is 105 Å². The minimum absolute atomic E-state index is 0.170. The van der Waals surface area contributed by atoms with Crippen molar-refractivity contribution in [3.63, 3.8) is 0 Å². The molecule has 4 rings (SSSR count). The summed E-state index contributed by atoms with van der Waals surface area (Å²) in [5.74, 6) is 1.04. The second-order valence-corrected chi connectivity index (χ2v) is 13.0. The fourth-order valence-corrected chi connectivity index (χ4v) is 8.80. The number of alkyl halides is 3. The van der Waals surface area contributed by atoms with Crippen LogP contribution in [0.25, 0.3) is 0 Å². The lowest BCUT2D eigenvalue weighted by Crippen LogP contribution is -2.63. The van der Waals surface area contributed by atoms with E-state index in [1.54, 1.807) is 6.92 Å². The quantitative estimate of drug-likeness (QED) is 0.372. The van der Waals surface area contributed by atoms with E-state index in [2.05, 4.69) is 26.8 Å². The van der Waals surface area contributed by atoms with Crippen LogP contribution < -0.4 is 0 Å². The third-order valence-electron chi connectivity index (χ3n) is 11.1. The van der Waals surface area contributed by atoms with Gasteiger partial charge in [-0.1, -0.05) is 39.3 Å². The molecule has 0 aromatic rings. The van der Waals surface area contributed by atoms with Gasteiger partial charge >= 0.3 is 6.18 Å². The summed E-state index contributed by atoms with van der Waals surface area (Å²) in [6.45, 7) is 9.76. The maximum absolute atomic E-state index is 13.0. The molecule has 6 heteroatoms. The summed E-state index contributed by atoms with van der Waals surface area (Å²) in [6, 6.07) is 0. The highest BCUT2D eigenvalue weighted by Gasteiger charge is 2.62. The summed E-state index contributed by atoms with van der Waals surface area (Å²) in [6.07, 6.45) is 5.26. The van der Waals surface area contributed by atoms with Crippen molar-refractivity contribution in [3.05, 3.63) is 11.6 Å². The Hall–Kier alpha value is -0.485. The molecular formula is C27H42BF3O2. The largest absolute Gasteiger partial charge is 0.397 e. The van der Waals surface area contributed by atoms with Crippen LogP contribution in [0.4, 0.5) is 13.2 Å². The van der Waals surface area contributed by atoms with E-state index in [1.165, 1.54) is 12.5 Å². The van der Waals surface area contributed by atoms with Crippen molar-refractivity contribution in [2.45, 2.75) is 110 Å². The first-order valence-corrected chi connectivity index (χ1v) is 13.0. The maximum atomic E-state index is 13.0. The number of aliphatic hydroxyl groups is 2. The molecule has 33 heavy (non-hydrogen) atoms. The molecule has 0 spiro atoms. The SMILES string of the molecule is [B]C1(O)CC2(C)C(=CCC3C2CCC2(C)C3CCC2[C@H](C)CCC(C)C(F)(F)F)C[C@@]1(C)O. The van der Waals surface area contributed by atoms with E-state index in [4.69, 9.17) is 7.85 Å². The molecule has 2 N–H and O–H groups in total. The van der Waals surface area contributed by atoms with Crippen molar-refractivity contribution < 1.29 is 23.4 Å². The third-order valence-corrected chi connectivity index (χ3v) is 11.1. The fourth-order valence-electron chi connectivity index (χ4n) is 8.80. The second kappa shape index (κ2) is 8.01. The Bertz CT molecular complexity index is 791. The molecule has 0 bridgehead atoms. The van der Waals surface area contributed by atoms with E-state index < -0.39 is 23.2 Å². The number of rotatable bonds is 4. The van der Waals surface area contributed by atoms with Gasteiger partial charge in [-0.2, -0.15) is 13.2 Å². The van der Waals surface area contributed by atoms with E-state index in [9.17, 15) is 23.4 Å². The van der Waals surface area contributed by atoms with Gasteiger partial charge in [0.25, 0.3) is 0 Å². The minimum Gasteiger partial charge on any atom is -0.397 e. The zero-order chi connectivity index (χ0) is 24.6. The predicted octanol–water partition coefficient (Wildman–Crippen LogP) is 6.40. The van der Waals surface area contributed by atoms with Gasteiger partial charge in [0.1, 0.15) is 7.85 Å². The van der Waals surface area contributed by atoms with Crippen molar-refractivity contribution in [3.8, 4) is 0 Å². The molecule has 0 saturated heterocycles. The molecule has 2 radical (unpaired) electrons. The van der Waals surface area contributed by atoms with E-state index >= 15 is 0 Å². The maximum Gasteiger partial charge on any atom is 0.391 e. The van der Waals surface area contributed by atoms with Gasteiger partial charge in [0.15, 0.2) is 0 Å². The normalized spacial score (nSPS) is 49.5. The Morgan fingerprint density at radius 2 is 1.73 bits per heavy atom. The highest BCUT2D eigenvalue weighted by molar-refractivity contribution is 6.15. The summed E-state index contributed by atoms with van der Waals surface area (Å²) < 4.78 is 39.1. The average molecular weight is 466 g/mol. The molecule has 4 aliphatic rings. The van der Waals surface area contributed by atoms with Crippen molar-refractivity contribution >= 4 is 7.85 Å². The Morgan fingerprint density at radius 1 is 1.06 bits per heavy atom. The number of fused-ring (bicyclic) bond motifs is 5. The highest BCUT2D eigenvalue weighted by atomic mass is 19.4. The monoisotopic (exact) mass is 466 g/mol. The molecule has 2 nitrogen and oxygen atoms in total. The Kier molecular flexibility index (Phi) is 6.22. The van der Waals surface area contributed by atoms with Crippen LogP contribution in [0.3, 0.4) is 0 Å². The number of halogens is 3. The van der Waals surface area contributed by atoms with Crippen LogP contribution in [0, 0.1) is 46.3 Å². The molecule has 0 aromatic heterocycles. The van der Waals surface area contributed by atoms with Crippen molar-refractivity contribution in [2.24, 2.45) is 46.3 Å². The Morgan fingerprint density at radius 3 is 2.36 bits per heavy atom. The van der Waals surface area contributed by atoms with Crippen molar-refractivity contribution in [1.82, 2.24) is 0 Å². The lowest BCUT2D eigenvalue weighted by molar-refractivity contribution is -0.172. The van der Waals surface area contributed by atoms with Crippen molar-refractivity contribution in [1.29, 1.82) is 0 Å². The zero-order valence-electron chi connectivity index (χ0n) is 21.0. The van der Waals surface area contributed by atoms with Crippen LogP contribution >= 0.6 is 0 Å². The molecule has 0 aliphatic heterocycles. The first-order valence-electron chi connectivity index (χ1n) is 13.0. The van der Waals surface area contributed by atoms with Crippen LogP contribution in [-0.2, 0) is 0 Å². The lowest BCUT2D eigenvalue weighted by Gasteiger charge is -2.62. The second-order valence-electron chi connectivity index (χ2n) is 13.0. The standard InChI is InChI=1S/C27H42BF3O2/c1-16(6-7-17(2)27(29,30)31)20-10-11-21-19-9-8-18-14-25(5,32)26(28,33)15-24(18,4)22(19)12-13-23(20,21)3/h8,16-17,19-22,32-33H,6-7,9-15H2,1-5H3/t16-,17?,19?,20?,21?,22?,23?,24?,25-,26?/m1/s1. The van der Waals surface area contributed by atoms with Gasteiger partial charge < -0.3 is 10.2 Å². The number of allylic oxidation sites excluding steroid dienone is 1. The van der Waals surface area contributed by atoms with Crippen molar-refractivity contribution in [2.75, 3.05) is 0 Å². The molecule has 186 valence electrons. The van der Waals surface area contributed by atoms with Gasteiger partial charge in [-0.15, -0.1) is 0 Å². The summed E-state index contributed by atoms with van der Waals surface area (Å²) in [5, 5.41) is 21.7. The minimum atomic E-state index is -4.10. The smallest absolute Gasteiger partial charge is 0.391 e. The molecule has 3 fully saturated rings. The fraction of sp³-hybridized carbons (Fsp3) is 0.926. The van der Waals surface area contributed by atoms with Gasteiger partial charge in [-0.3, -0.25) is 0 Å². The summed E-state index contributed by atoms with van der Waals surface area (Å²) in [5.41, 5.74) is -1.72. The molecule has 0 amide bonds. The number of hydrogen-bond donors (Lipinski definition) is 2. The van der Waals surface area contributed by atoms with Crippen LogP contribution in [-0.4, -0.2) is 35.3 Å². The molecule has 0 heterocycles. The lowest BCUT2D eigenvalue weighted by atomic mass is 9.42.